The number of aromatic carboxylic acids is 1. The van der Waals surface area contributed by atoms with Gasteiger partial charge in [-0.25, -0.2) is 4.79 Å². The fourth-order valence-corrected chi connectivity index (χ4v) is 1.68. The van der Waals surface area contributed by atoms with Gasteiger partial charge in [0.25, 0.3) is 0 Å². The molecule has 1 rings (SSSR count). The van der Waals surface area contributed by atoms with E-state index < -0.39 is 5.97 Å². The van der Waals surface area contributed by atoms with E-state index in [0.29, 0.717) is 19.0 Å². The van der Waals surface area contributed by atoms with Crippen LogP contribution in [0.5, 0.6) is 5.75 Å². The van der Waals surface area contributed by atoms with Gasteiger partial charge in [0.1, 0.15) is 12.4 Å². The van der Waals surface area contributed by atoms with Crippen LogP contribution >= 0.6 is 11.8 Å². The van der Waals surface area contributed by atoms with Gasteiger partial charge in [-0.15, -0.1) is 11.8 Å². The zero-order chi connectivity index (χ0) is 12.0. The Morgan fingerprint density at radius 3 is 2.75 bits per heavy atom. The molecule has 1 aromatic rings. The number of methoxy groups -OCH3 is 1. The number of carboxylic acid groups (broad SMARTS) is 1. The van der Waals surface area contributed by atoms with Crippen molar-refractivity contribution in [1.82, 2.24) is 0 Å². The van der Waals surface area contributed by atoms with Gasteiger partial charge in [0, 0.05) is 12.0 Å². The lowest BCUT2D eigenvalue weighted by molar-refractivity contribution is 0.0696. The minimum absolute atomic E-state index is 0.227. The number of carbonyl (C=O) groups is 1. The predicted octanol–water partition coefficient (Wildman–Crippen LogP) is 2.13. The Kier molecular flexibility index (Phi) is 5.14. The van der Waals surface area contributed by atoms with E-state index in [1.165, 1.54) is 17.8 Å². The van der Waals surface area contributed by atoms with Crippen LogP contribution in [0.25, 0.3) is 0 Å². The quantitative estimate of drug-likeness (QED) is 0.611. The van der Waals surface area contributed by atoms with Gasteiger partial charge in [-0.1, -0.05) is 0 Å². The second-order valence-corrected chi connectivity index (χ2v) is 3.86. The smallest absolute Gasteiger partial charge is 0.335 e. The van der Waals surface area contributed by atoms with E-state index in [-0.39, 0.29) is 5.56 Å². The number of carboxylic acids is 1. The average Bonchev–Trinajstić information content (AvgIpc) is 2.29. The molecule has 0 aliphatic carbocycles. The number of thioether (sulfide) groups is 1. The summed E-state index contributed by atoms with van der Waals surface area (Å²) in [6.07, 6.45) is 1.92. The van der Waals surface area contributed by atoms with E-state index >= 15 is 0 Å². The van der Waals surface area contributed by atoms with Gasteiger partial charge in [-0.3, -0.25) is 0 Å². The van der Waals surface area contributed by atoms with Crippen molar-refractivity contribution in [3.05, 3.63) is 23.8 Å². The van der Waals surface area contributed by atoms with Crippen molar-refractivity contribution < 1.29 is 19.4 Å². The first-order chi connectivity index (χ1) is 7.69. The highest BCUT2D eigenvalue weighted by Crippen LogP contribution is 2.28. The van der Waals surface area contributed by atoms with Crippen LogP contribution in [-0.4, -0.2) is 37.7 Å². The summed E-state index contributed by atoms with van der Waals surface area (Å²) in [5, 5.41) is 8.86. The summed E-state index contributed by atoms with van der Waals surface area (Å²) in [6, 6.07) is 4.84. The molecule has 0 spiro atoms. The van der Waals surface area contributed by atoms with Gasteiger partial charge in [0.05, 0.1) is 12.2 Å². The summed E-state index contributed by atoms with van der Waals surface area (Å²) in [5.74, 6) is -0.367. The van der Waals surface area contributed by atoms with Crippen molar-refractivity contribution in [3.8, 4) is 5.75 Å². The lowest BCUT2D eigenvalue weighted by Crippen LogP contribution is -2.06. The van der Waals surface area contributed by atoms with E-state index in [2.05, 4.69) is 0 Å². The highest BCUT2D eigenvalue weighted by Gasteiger charge is 2.08. The Labute approximate surface area is 98.6 Å². The van der Waals surface area contributed by atoms with E-state index in [1.807, 2.05) is 6.26 Å². The Hall–Kier alpha value is -1.20. The first kappa shape index (κ1) is 12.9. The topological polar surface area (TPSA) is 55.8 Å². The van der Waals surface area contributed by atoms with Gasteiger partial charge in [-0.2, -0.15) is 0 Å². The molecule has 1 N–H and O–H groups in total. The van der Waals surface area contributed by atoms with E-state index in [1.54, 1.807) is 19.2 Å². The molecule has 16 heavy (non-hydrogen) atoms. The third-order valence-corrected chi connectivity index (χ3v) is 2.73. The maximum absolute atomic E-state index is 10.8. The normalized spacial score (nSPS) is 10.1. The zero-order valence-corrected chi connectivity index (χ0v) is 10.0. The fourth-order valence-electron chi connectivity index (χ4n) is 1.16. The molecule has 0 unspecified atom stereocenters. The lowest BCUT2D eigenvalue weighted by Gasteiger charge is -2.10. The monoisotopic (exact) mass is 242 g/mol. The van der Waals surface area contributed by atoms with Crippen LogP contribution < -0.4 is 4.74 Å². The van der Waals surface area contributed by atoms with Gasteiger partial charge in [0.15, 0.2) is 0 Å². The third-order valence-electron chi connectivity index (χ3n) is 1.96. The van der Waals surface area contributed by atoms with E-state index in [4.69, 9.17) is 14.6 Å². The summed E-state index contributed by atoms with van der Waals surface area (Å²) in [5.41, 5.74) is 0.227. The second kappa shape index (κ2) is 6.40. The minimum atomic E-state index is -0.954. The summed E-state index contributed by atoms with van der Waals surface area (Å²) in [4.78, 5) is 11.7. The van der Waals surface area contributed by atoms with Gasteiger partial charge < -0.3 is 14.6 Å². The van der Waals surface area contributed by atoms with Crippen LogP contribution in [0.2, 0.25) is 0 Å². The molecule has 0 fully saturated rings. The Morgan fingerprint density at radius 2 is 2.19 bits per heavy atom. The highest BCUT2D eigenvalue weighted by molar-refractivity contribution is 7.98. The first-order valence-corrected chi connectivity index (χ1v) is 5.94. The number of ether oxygens (including phenoxy) is 2. The molecule has 0 radical (unpaired) electrons. The molecular weight excluding hydrogens is 228 g/mol. The molecule has 88 valence electrons. The van der Waals surface area contributed by atoms with E-state index in [0.717, 1.165) is 4.90 Å². The van der Waals surface area contributed by atoms with Gasteiger partial charge >= 0.3 is 5.97 Å². The molecular formula is C11H14O4S. The SMILES string of the molecule is COCCOc1cc(C(=O)O)ccc1SC. The van der Waals surface area contributed by atoms with Crippen molar-refractivity contribution in [2.24, 2.45) is 0 Å². The standard InChI is InChI=1S/C11H14O4S/c1-14-5-6-15-9-7-8(11(12)13)3-4-10(9)16-2/h3-4,7H,5-6H2,1-2H3,(H,12,13). The zero-order valence-electron chi connectivity index (χ0n) is 9.23. The maximum atomic E-state index is 10.8. The molecule has 0 amide bonds. The van der Waals surface area contributed by atoms with Crippen molar-refractivity contribution in [1.29, 1.82) is 0 Å². The number of hydrogen-bond donors (Lipinski definition) is 1. The molecule has 0 heterocycles. The van der Waals surface area contributed by atoms with Crippen molar-refractivity contribution in [2.75, 3.05) is 26.6 Å². The molecule has 0 aliphatic heterocycles. The van der Waals surface area contributed by atoms with Crippen LogP contribution in [-0.2, 0) is 4.74 Å². The maximum Gasteiger partial charge on any atom is 0.335 e. The van der Waals surface area contributed by atoms with Crippen LogP contribution in [0.1, 0.15) is 10.4 Å². The number of rotatable bonds is 6. The lowest BCUT2D eigenvalue weighted by atomic mass is 10.2. The summed E-state index contributed by atoms with van der Waals surface area (Å²) >= 11 is 1.52. The summed E-state index contributed by atoms with van der Waals surface area (Å²) < 4.78 is 10.3. The van der Waals surface area contributed by atoms with Gasteiger partial charge in [-0.05, 0) is 24.5 Å². The molecule has 0 aliphatic rings. The number of benzene rings is 1. The molecule has 0 aromatic heterocycles. The first-order valence-electron chi connectivity index (χ1n) is 4.72. The van der Waals surface area contributed by atoms with Gasteiger partial charge in [0.2, 0.25) is 0 Å². The molecule has 0 saturated heterocycles. The van der Waals surface area contributed by atoms with Crippen molar-refractivity contribution in [3.63, 3.8) is 0 Å². The number of hydrogen-bond acceptors (Lipinski definition) is 4. The Balaban J connectivity index is 2.84. The van der Waals surface area contributed by atoms with Crippen molar-refractivity contribution in [2.45, 2.75) is 4.90 Å². The molecule has 0 bridgehead atoms. The minimum Gasteiger partial charge on any atom is -0.490 e. The largest absolute Gasteiger partial charge is 0.490 e. The summed E-state index contributed by atoms with van der Waals surface area (Å²) in [7, 11) is 1.59. The molecule has 0 saturated carbocycles. The Bertz CT molecular complexity index is 365. The molecule has 4 nitrogen and oxygen atoms in total. The average molecular weight is 242 g/mol. The van der Waals surface area contributed by atoms with Crippen molar-refractivity contribution >= 4 is 17.7 Å². The molecule has 5 heteroatoms. The fraction of sp³-hybridized carbons (Fsp3) is 0.364. The van der Waals surface area contributed by atoms with E-state index in [9.17, 15) is 4.79 Å². The second-order valence-electron chi connectivity index (χ2n) is 3.01. The predicted molar refractivity (Wildman–Crippen MR) is 62.6 cm³/mol. The van der Waals surface area contributed by atoms with Crippen LogP contribution in [0.4, 0.5) is 0 Å². The molecule has 1 aromatic carbocycles. The van der Waals surface area contributed by atoms with Crippen LogP contribution in [0.15, 0.2) is 23.1 Å². The Morgan fingerprint density at radius 1 is 1.44 bits per heavy atom. The van der Waals surface area contributed by atoms with Crippen LogP contribution in [0.3, 0.4) is 0 Å². The highest BCUT2D eigenvalue weighted by atomic mass is 32.2. The summed E-state index contributed by atoms with van der Waals surface area (Å²) in [6.45, 7) is 0.887. The molecule has 0 atom stereocenters. The van der Waals surface area contributed by atoms with Crippen LogP contribution in [0, 0.1) is 0 Å². The third kappa shape index (κ3) is 3.43.